The quantitative estimate of drug-likeness (QED) is 0.807. The molecule has 1 N–H and O–H groups in total. The summed E-state index contributed by atoms with van der Waals surface area (Å²) in [6, 6.07) is 3.73. The smallest absolute Gasteiger partial charge is 0.267 e. The molecule has 3 aromatic heterocycles. The number of hydrogen-bond acceptors (Lipinski definition) is 5. The van der Waals surface area contributed by atoms with Gasteiger partial charge in [-0.05, 0) is 26.0 Å². The number of hydrogen-bond donors (Lipinski definition) is 1. The van der Waals surface area contributed by atoms with E-state index >= 15 is 0 Å². The number of aromatic nitrogens is 3. The highest BCUT2D eigenvalue weighted by Gasteiger charge is 2.18. The molecule has 0 fully saturated rings. The molecule has 0 unspecified atom stereocenters. The van der Waals surface area contributed by atoms with Gasteiger partial charge in [0.25, 0.3) is 5.91 Å². The van der Waals surface area contributed by atoms with Crippen LogP contribution in [0.5, 0.6) is 0 Å². The summed E-state index contributed by atoms with van der Waals surface area (Å²) in [7, 11) is 1.80. The molecule has 3 rings (SSSR count). The second kappa shape index (κ2) is 5.17. The fourth-order valence-corrected chi connectivity index (χ4v) is 2.86. The maximum absolute atomic E-state index is 12.3. The van der Waals surface area contributed by atoms with Crippen molar-refractivity contribution in [1.82, 2.24) is 14.8 Å². The Labute approximate surface area is 125 Å². The standard InChI is InChI=1S/C14H14N4O2S/c1-8-4-5-11(20-8)14-16-9(2)12(21-14)13(19)17-10-6-15-18(3)7-10/h4-7H,1-3H3,(H,17,19). The van der Waals surface area contributed by atoms with Crippen molar-refractivity contribution in [2.75, 3.05) is 5.32 Å². The molecule has 0 bridgehead atoms. The number of furan rings is 1. The first-order valence-corrected chi connectivity index (χ1v) is 7.19. The topological polar surface area (TPSA) is 73.0 Å². The average Bonchev–Trinajstić information content (AvgIpc) is 3.11. The molecule has 0 saturated carbocycles. The largest absolute Gasteiger partial charge is 0.459 e. The van der Waals surface area contributed by atoms with Crippen molar-refractivity contribution in [2.45, 2.75) is 13.8 Å². The van der Waals surface area contributed by atoms with Crippen LogP contribution in [0.15, 0.2) is 28.9 Å². The fraction of sp³-hybridized carbons (Fsp3) is 0.214. The Morgan fingerprint density at radius 1 is 1.38 bits per heavy atom. The number of aryl methyl sites for hydroxylation is 3. The molecular weight excluding hydrogens is 288 g/mol. The molecule has 0 aliphatic rings. The van der Waals surface area contributed by atoms with Gasteiger partial charge in [0, 0.05) is 13.2 Å². The number of nitrogens with one attached hydrogen (secondary N) is 1. The first kappa shape index (κ1) is 13.6. The highest BCUT2D eigenvalue weighted by molar-refractivity contribution is 7.17. The van der Waals surface area contributed by atoms with Gasteiger partial charge in [-0.2, -0.15) is 5.10 Å². The van der Waals surface area contributed by atoms with Crippen molar-refractivity contribution in [3.8, 4) is 10.8 Å². The third kappa shape index (κ3) is 2.73. The van der Waals surface area contributed by atoms with Gasteiger partial charge in [-0.1, -0.05) is 0 Å². The van der Waals surface area contributed by atoms with Crippen LogP contribution < -0.4 is 5.32 Å². The molecule has 108 valence electrons. The number of rotatable bonds is 3. The zero-order chi connectivity index (χ0) is 15.0. The summed E-state index contributed by atoms with van der Waals surface area (Å²) in [6.45, 7) is 3.69. The second-order valence-electron chi connectivity index (χ2n) is 4.70. The minimum Gasteiger partial charge on any atom is -0.459 e. The second-order valence-corrected chi connectivity index (χ2v) is 5.70. The zero-order valence-corrected chi connectivity index (χ0v) is 12.7. The van der Waals surface area contributed by atoms with Crippen molar-refractivity contribution in [1.29, 1.82) is 0 Å². The molecule has 7 heteroatoms. The summed E-state index contributed by atoms with van der Waals surface area (Å²) in [4.78, 5) is 17.3. The number of carbonyl (C=O) groups excluding carboxylic acids is 1. The van der Waals surface area contributed by atoms with Crippen LogP contribution in [0.1, 0.15) is 21.1 Å². The van der Waals surface area contributed by atoms with E-state index in [1.54, 1.807) is 24.1 Å². The van der Waals surface area contributed by atoms with Crippen LogP contribution in [0.4, 0.5) is 5.69 Å². The Kier molecular flexibility index (Phi) is 3.34. The van der Waals surface area contributed by atoms with Crippen LogP contribution >= 0.6 is 11.3 Å². The van der Waals surface area contributed by atoms with E-state index in [0.29, 0.717) is 27.0 Å². The molecule has 21 heavy (non-hydrogen) atoms. The summed E-state index contributed by atoms with van der Waals surface area (Å²) in [5.41, 5.74) is 1.34. The van der Waals surface area contributed by atoms with E-state index in [9.17, 15) is 4.79 Å². The van der Waals surface area contributed by atoms with Gasteiger partial charge < -0.3 is 9.73 Å². The summed E-state index contributed by atoms with van der Waals surface area (Å²) < 4.78 is 7.17. The van der Waals surface area contributed by atoms with Gasteiger partial charge in [-0.3, -0.25) is 9.48 Å². The predicted molar refractivity (Wildman–Crippen MR) is 80.5 cm³/mol. The summed E-state index contributed by atoms with van der Waals surface area (Å²) >= 11 is 1.32. The lowest BCUT2D eigenvalue weighted by atomic mass is 10.3. The molecule has 6 nitrogen and oxygen atoms in total. The van der Waals surface area contributed by atoms with E-state index in [-0.39, 0.29) is 5.91 Å². The number of anilines is 1. The van der Waals surface area contributed by atoms with E-state index in [2.05, 4.69) is 15.4 Å². The van der Waals surface area contributed by atoms with Crippen LogP contribution in [0.2, 0.25) is 0 Å². The Bertz CT molecular complexity index is 800. The van der Waals surface area contributed by atoms with Crippen LogP contribution in [-0.2, 0) is 7.05 Å². The Morgan fingerprint density at radius 3 is 2.81 bits per heavy atom. The number of amides is 1. The van der Waals surface area contributed by atoms with Crippen molar-refractivity contribution in [2.24, 2.45) is 7.05 Å². The highest BCUT2D eigenvalue weighted by Crippen LogP contribution is 2.29. The molecule has 0 aromatic carbocycles. The molecule has 1 amide bonds. The summed E-state index contributed by atoms with van der Waals surface area (Å²) in [6.07, 6.45) is 3.34. The van der Waals surface area contributed by atoms with Crippen molar-refractivity contribution in [3.05, 3.63) is 40.9 Å². The minimum atomic E-state index is -0.187. The van der Waals surface area contributed by atoms with Crippen LogP contribution in [0.25, 0.3) is 10.8 Å². The predicted octanol–water partition coefficient (Wildman–Crippen LogP) is 3.01. The lowest BCUT2D eigenvalue weighted by molar-refractivity contribution is 0.103. The van der Waals surface area contributed by atoms with Gasteiger partial charge in [0.2, 0.25) is 0 Å². The maximum Gasteiger partial charge on any atom is 0.267 e. The summed E-state index contributed by atoms with van der Waals surface area (Å²) in [5, 5.41) is 7.53. The first-order valence-electron chi connectivity index (χ1n) is 6.37. The number of nitrogens with zero attached hydrogens (tertiary/aromatic N) is 3. The summed E-state index contributed by atoms with van der Waals surface area (Å²) in [5.74, 6) is 1.31. The molecule has 3 heterocycles. The van der Waals surface area contributed by atoms with Crippen LogP contribution in [-0.4, -0.2) is 20.7 Å². The highest BCUT2D eigenvalue weighted by atomic mass is 32.1. The molecule has 0 radical (unpaired) electrons. The monoisotopic (exact) mass is 302 g/mol. The van der Waals surface area contributed by atoms with Gasteiger partial charge in [-0.25, -0.2) is 4.98 Å². The minimum absolute atomic E-state index is 0.187. The van der Waals surface area contributed by atoms with E-state index in [1.165, 1.54) is 11.3 Å². The van der Waals surface area contributed by atoms with Gasteiger partial charge in [0.1, 0.15) is 10.6 Å². The number of thiazole rings is 1. The molecule has 0 aliphatic carbocycles. The van der Waals surface area contributed by atoms with E-state index in [0.717, 1.165) is 5.76 Å². The number of carbonyl (C=O) groups is 1. The lowest BCUT2D eigenvalue weighted by Gasteiger charge is -1.99. The Balaban J connectivity index is 1.85. The fourth-order valence-electron chi connectivity index (χ4n) is 1.94. The SMILES string of the molecule is Cc1ccc(-c2nc(C)c(C(=O)Nc3cnn(C)c3)s2)o1. The van der Waals surface area contributed by atoms with E-state index in [4.69, 9.17) is 4.42 Å². The normalized spacial score (nSPS) is 10.8. The van der Waals surface area contributed by atoms with Gasteiger partial charge in [0.15, 0.2) is 10.8 Å². The van der Waals surface area contributed by atoms with Gasteiger partial charge in [0.05, 0.1) is 17.6 Å². The Morgan fingerprint density at radius 2 is 2.19 bits per heavy atom. The first-order chi connectivity index (χ1) is 10.0. The molecule has 0 saturated heterocycles. The molecule has 0 aliphatic heterocycles. The Hall–Kier alpha value is -2.41. The van der Waals surface area contributed by atoms with E-state index < -0.39 is 0 Å². The van der Waals surface area contributed by atoms with Crippen LogP contribution in [0.3, 0.4) is 0 Å². The molecule has 0 atom stereocenters. The van der Waals surface area contributed by atoms with E-state index in [1.807, 2.05) is 26.0 Å². The maximum atomic E-state index is 12.3. The van der Waals surface area contributed by atoms with Crippen molar-refractivity contribution in [3.63, 3.8) is 0 Å². The van der Waals surface area contributed by atoms with Crippen molar-refractivity contribution < 1.29 is 9.21 Å². The van der Waals surface area contributed by atoms with Crippen LogP contribution in [0, 0.1) is 13.8 Å². The molecule has 0 spiro atoms. The molecule has 3 aromatic rings. The zero-order valence-electron chi connectivity index (χ0n) is 11.9. The average molecular weight is 302 g/mol. The van der Waals surface area contributed by atoms with Crippen molar-refractivity contribution >= 4 is 22.9 Å². The lowest BCUT2D eigenvalue weighted by Crippen LogP contribution is -2.10. The third-order valence-corrected chi connectivity index (χ3v) is 4.09. The van der Waals surface area contributed by atoms with Gasteiger partial charge in [-0.15, -0.1) is 11.3 Å². The van der Waals surface area contributed by atoms with Gasteiger partial charge >= 0.3 is 0 Å². The third-order valence-electron chi connectivity index (χ3n) is 2.92. The molecular formula is C14H14N4O2S.